The lowest BCUT2D eigenvalue weighted by atomic mass is 9.96. The van der Waals surface area contributed by atoms with Crippen LogP contribution >= 0.6 is 0 Å². The van der Waals surface area contributed by atoms with Gasteiger partial charge in [-0.05, 0) is 60.7 Å². The van der Waals surface area contributed by atoms with Crippen LogP contribution in [0, 0.1) is 5.92 Å². The molecule has 2 aromatic heterocycles. The Kier molecular flexibility index (Phi) is 5.66. The molecule has 0 aliphatic heterocycles. The van der Waals surface area contributed by atoms with E-state index in [0.717, 1.165) is 25.0 Å². The number of hydrogen-bond acceptors (Lipinski definition) is 3. The number of aliphatic carboxylic acids is 1. The summed E-state index contributed by atoms with van der Waals surface area (Å²) in [4.78, 5) is 25.5. The van der Waals surface area contributed by atoms with Crippen LogP contribution < -0.4 is 0 Å². The summed E-state index contributed by atoms with van der Waals surface area (Å²) in [6.07, 6.45) is 0.0289. The third kappa shape index (κ3) is 4.46. The third-order valence-electron chi connectivity index (χ3n) is 5.66. The number of fused-ring (bicyclic) bond motifs is 1. The van der Waals surface area contributed by atoms with Gasteiger partial charge in [-0.1, -0.05) is 6.07 Å². The molecule has 3 aromatic rings. The number of amides is 1. The number of carboxylic acid groups (broad SMARTS) is 1. The first-order chi connectivity index (χ1) is 15.2. The predicted molar refractivity (Wildman–Crippen MR) is 111 cm³/mol. The Hall–Kier alpha value is -3.36. The first kappa shape index (κ1) is 21.9. The molecular formula is C23H22F3N3O3. The Morgan fingerprint density at radius 3 is 2.56 bits per heavy atom. The minimum atomic E-state index is -4.52. The van der Waals surface area contributed by atoms with E-state index in [1.165, 1.54) is 16.8 Å². The van der Waals surface area contributed by atoms with Crippen LogP contribution in [0.1, 0.15) is 36.5 Å². The average molecular weight is 445 g/mol. The van der Waals surface area contributed by atoms with Gasteiger partial charge in [0.1, 0.15) is 0 Å². The van der Waals surface area contributed by atoms with Crippen molar-refractivity contribution in [1.82, 2.24) is 14.5 Å². The molecule has 6 nitrogen and oxygen atoms in total. The summed E-state index contributed by atoms with van der Waals surface area (Å²) in [6, 6.07) is 6.80. The van der Waals surface area contributed by atoms with E-state index in [-0.39, 0.29) is 24.8 Å². The molecule has 168 valence electrons. The Labute approximate surface area is 182 Å². The fourth-order valence-corrected chi connectivity index (χ4v) is 3.88. The zero-order valence-corrected chi connectivity index (χ0v) is 17.4. The average Bonchev–Trinajstić information content (AvgIpc) is 3.47. The molecule has 1 saturated carbocycles. The number of alkyl halides is 3. The second-order valence-electron chi connectivity index (χ2n) is 7.98. The lowest BCUT2D eigenvalue weighted by molar-refractivity contribution is -0.138. The van der Waals surface area contributed by atoms with E-state index < -0.39 is 17.7 Å². The summed E-state index contributed by atoms with van der Waals surface area (Å²) in [5.74, 6) is -1.12. The molecule has 0 unspecified atom stereocenters. The molecule has 1 aliphatic rings. The molecule has 9 heteroatoms. The van der Waals surface area contributed by atoms with Gasteiger partial charge in [0.25, 0.3) is 0 Å². The fourth-order valence-electron chi connectivity index (χ4n) is 3.88. The largest absolute Gasteiger partial charge is 0.481 e. The molecule has 0 atom stereocenters. The van der Waals surface area contributed by atoms with Crippen molar-refractivity contribution < 1.29 is 27.9 Å². The van der Waals surface area contributed by atoms with E-state index in [4.69, 9.17) is 0 Å². The fraction of sp³-hybridized carbons (Fsp3) is 0.348. The van der Waals surface area contributed by atoms with Crippen LogP contribution in [0.25, 0.3) is 16.6 Å². The molecule has 1 aliphatic carbocycles. The van der Waals surface area contributed by atoms with Gasteiger partial charge in [0, 0.05) is 37.0 Å². The van der Waals surface area contributed by atoms with Gasteiger partial charge in [-0.25, -0.2) is 4.52 Å². The summed E-state index contributed by atoms with van der Waals surface area (Å²) >= 11 is 0. The number of halogens is 3. The third-order valence-corrected chi connectivity index (χ3v) is 5.66. The molecule has 1 aromatic carbocycles. The van der Waals surface area contributed by atoms with Crippen molar-refractivity contribution >= 4 is 17.4 Å². The van der Waals surface area contributed by atoms with E-state index in [0.29, 0.717) is 34.3 Å². The summed E-state index contributed by atoms with van der Waals surface area (Å²) in [7, 11) is 0. The maximum Gasteiger partial charge on any atom is 0.416 e. The number of carboxylic acids is 1. The molecular weight excluding hydrogens is 423 g/mol. The van der Waals surface area contributed by atoms with Crippen molar-refractivity contribution in [2.45, 2.75) is 38.9 Å². The van der Waals surface area contributed by atoms with Crippen LogP contribution in [0.3, 0.4) is 0 Å². The standard InChI is InChI=1S/C23H22F3N3O3/c1-2-28(22(32)14-3-4-14)12-17-10-18(23(24,25)26)5-6-19(17)16-9-15(11-21(30)31)20-7-8-27-29(20)13-16/h5-10,13-14H,2-4,11-12H2,1H3,(H,30,31). The maximum absolute atomic E-state index is 13.4. The number of carbonyl (C=O) groups is 2. The molecule has 1 fully saturated rings. The number of aromatic nitrogens is 2. The van der Waals surface area contributed by atoms with Gasteiger partial charge < -0.3 is 10.0 Å². The number of nitrogens with zero attached hydrogens (tertiary/aromatic N) is 3. The minimum absolute atomic E-state index is 0.0382. The molecule has 4 rings (SSSR count). The van der Waals surface area contributed by atoms with Crippen molar-refractivity contribution in [3.63, 3.8) is 0 Å². The van der Waals surface area contributed by atoms with Crippen molar-refractivity contribution in [2.75, 3.05) is 6.54 Å². The van der Waals surface area contributed by atoms with Crippen molar-refractivity contribution in [3.8, 4) is 11.1 Å². The van der Waals surface area contributed by atoms with E-state index in [2.05, 4.69) is 5.10 Å². The van der Waals surface area contributed by atoms with Crippen LogP contribution in [-0.2, 0) is 28.7 Å². The Morgan fingerprint density at radius 2 is 1.94 bits per heavy atom. The SMILES string of the molecule is CCN(Cc1cc(C(F)(F)F)ccc1-c1cc(CC(=O)O)c2ccnn2c1)C(=O)C1CC1. The first-order valence-corrected chi connectivity index (χ1v) is 10.3. The Balaban J connectivity index is 1.82. The smallest absolute Gasteiger partial charge is 0.416 e. The highest BCUT2D eigenvalue weighted by molar-refractivity contribution is 5.82. The molecule has 0 radical (unpaired) electrons. The molecule has 2 heterocycles. The van der Waals surface area contributed by atoms with Crippen molar-refractivity contribution in [2.24, 2.45) is 5.92 Å². The number of pyridine rings is 1. The maximum atomic E-state index is 13.4. The Morgan fingerprint density at radius 1 is 1.19 bits per heavy atom. The predicted octanol–water partition coefficient (Wildman–Crippen LogP) is 4.41. The second kappa shape index (κ2) is 8.29. The lowest BCUT2D eigenvalue weighted by Crippen LogP contribution is -2.31. The summed E-state index contributed by atoms with van der Waals surface area (Å²) in [5.41, 5.74) is 1.71. The van der Waals surface area contributed by atoms with Crippen molar-refractivity contribution in [3.05, 3.63) is 59.4 Å². The van der Waals surface area contributed by atoms with E-state index in [9.17, 15) is 27.9 Å². The highest BCUT2D eigenvalue weighted by Crippen LogP contribution is 2.36. The van der Waals surface area contributed by atoms with Gasteiger partial charge in [-0.15, -0.1) is 0 Å². The van der Waals surface area contributed by atoms with Gasteiger partial charge in [0.05, 0.1) is 17.5 Å². The van der Waals surface area contributed by atoms with Crippen LogP contribution in [-0.4, -0.2) is 38.0 Å². The van der Waals surface area contributed by atoms with Gasteiger partial charge in [-0.2, -0.15) is 18.3 Å². The van der Waals surface area contributed by atoms with Gasteiger partial charge in [0.15, 0.2) is 0 Å². The number of benzene rings is 1. The van der Waals surface area contributed by atoms with Crippen molar-refractivity contribution in [1.29, 1.82) is 0 Å². The molecule has 1 N–H and O–H groups in total. The molecule has 0 bridgehead atoms. The summed E-state index contributed by atoms with van der Waals surface area (Å²) in [6.45, 7) is 2.22. The number of carbonyl (C=O) groups excluding carboxylic acids is 1. The zero-order chi connectivity index (χ0) is 23.0. The first-order valence-electron chi connectivity index (χ1n) is 10.3. The molecule has 1 amide bonds. The van der Waals surface area contributed by atoms with Crippen LogP contribution in [0.5, 0.6) is 0 Å². The molecule has 0 spiro atoms. The summed E-state index contributed by atoms with van der Waals surface area (Å²) < 4.78 is 41.8. The lowest BCUT2D eigenvalue weighted by Gasteiger charge is -2.23. The second-order valence-corrected chi connectivity index (χ2v) is 7.98. The molecule has 0 saturated heterocycles. The normalized spacial score (nSPS) is 14.0. The van der Waals surface area contributed by atoms with Crippen LogP contribution in [0.15, 0.2) is 42.7 Å². The topological polar surface area (TPSA) is 74.9 Å². The van der Waals surface area contributed by atoms with E-state index >= 15 is 0 Å². The number of rotatable bonds is 7. The highest BCUT2D eigenvalue weighted by atomic mass is 19.4. The van der Waals surface area contributed by atoms with E-state index in [1.54, 1.807) is 30.2 Å². The molecule has 32 heavy (non-hydrogen) atoms. The summed E-state index contributed by atoms with van der Waals surface area (Å²) in [5, 5.41) is 13.5. The Bertz CT molecular complexity index is 1180. The monoisotopic (exact) mass is 445 g/mol. The minimum Gasteiger partial charge on any atom is -0.481 e. The van der Waals surface area contributed by atoms with Gasteiger partial charge in [-0.3, -0.25) is 9.59 Å². The number of hydrogen-bond donors (Lipinski definition) is 1. The van der Waals surface area contributed by atoms with Crippen LogP contribution in [0.4, 0.5) is 13.2 Å². The highest BCUT2D eigenvalue weighted by Gasteiger charge is 2.34. The van der Waals surface area contributed by atoms with Gasteiger partial charge in [0.2, 0.25) is 5.91 Å². The van der Waals surface area contributed by atoms with E-state index in [1.807, 2.05) is 0 Å². The van der Waals surface area contributed by atoms with Gasteiger partial charge >= 0.3 is 12.1 Å². The quantitative estimate of drug-likeness (QED) is 0.585. The zero-order valence-electron chi connectivity index (χ0n) is 17.4. The van der Waals surface area contributed by atoms with Crippen LogP contribution in [0.2, 0.25) is 0 Å².